The quantitative estimate of drug-likeness (QED) is 0.483. The Kier molecular flexibility index (Phi) is 6.28. The highest BCUT2D eigenvalue weighted by atomic mass is 19.3. The number of likely N-dealkylation sites (tertiary alicyclic amines) is 2. The molecule has 2 fully saturated rings. The van der Waals surface area contributed by atoms with Crippen LogP contribution in [0.2, 0.25) is 0 Å². The molecule has 5 rings (SSSR count). The summed E-state index contributed by atoms with van der Waals surface area (Å²) in [7, 11) is 0. The molecule has 1 aromatic carbocycles. The molecule has 0 radical (unpaired) electrons. The van der Waals surface area contributed by atoms with Gasteiger partial charge >= 0.3 is 6.43 Å². The first-order chi connectivity index (χ1) is 16.9. The van der Waals surface area contributed by atoms with Gasteiger partial charge in [0.2, 0.25) is 11.6 Å². The van der Waals surface area contributed by atoms with E-state index >= 15 is 4.39 Å². The van der Waals surface area contributed by atoms with E-state index in [1.54, 1.807) is 36.4 Å². The van der Waals surface area contributed by atoms with Crippen LogP contribution < -0.4 is 4.90 Å². The number of carbonyl (C=O) groups excluding carboxylic acids is 1. The number of benzene rings is 1. The number of carbonyl (C=O) groups is 1. The van der Waals surface area contributed by atoms with Gasteiger partial charge in [0.1, 0.15) is 0 Å². The molecule has 35 heavy (non-hydrogen) atoms. The standard InChI is InChI=1S/C24H25F3N6O2/c1-2-31-12-19(13-31)32-14-24(27,15-32)23(34)33(18-6-4-3-5-7-18)11-17-9-8-16(10-28-17)21-29-30-22(35-21)20(25)26/h3-10,19-20H,2,11-15H2,1H3. The van der Waals surface area contributed by atoms with Gasteiger partial charge in [0.15, 0.2) is 0 Å². The third-order valence-corrected chi connectivity index (χ3v) is 6.52. The van der Waals surface area contributed by atoms with Gasteiger partial charge in [-0.2, -0.15) is 8.78 Å². The minimum Gasteiger partial charge on any atom is -0.415 e. The number of rotatable bonds is 8. The maximum Gasteiger partial charge on any atom is 0.314 e. The van der Waals surface area contributed by atoms with E-state index in [9.17, 15) is 13.6 Å². The molecule has 3 aromatic rings. The van der Waals surface area contributed by atoms with Crippen molar-refractivity contribution in [3.63, 3.8) is 0 Å². The van der Waals surface area contributed by atoms with Gasteiger partial charge in [0.05, 0.1) is 17.8 Å². The van der Waals surface area contributed by atoms with Crippen LogP contribution in [0.1, 0.15) is 24.9 Å². The number of amides is 1. The second-order valence-electron chi connectivity index (χ2n) is 8.89. The Labute approximate surface area is 200 Å². The van der Waals surface area contributed by atoms with Gasteiger partial charge in [0, 0.05) is 44.1 Å². The molecular formula is C24H25F3N6O2. The van der Waals surface area contributed by atoms with Crippen LogP contribution in [0.15, 0.2) is 53.1 Å². The molecule has 1 amide bonds. The summed E-state index contributed by atoms with van der Waals surface area (Å²) < 4.78 is 46.1. The van der Waals surface area contributed by atoms with Crippen molar-refractivity contribution in [2.75, 3.05) is 37.6 Å². The van der Waals surface area contributed by atoms with Crippen molar-refractivity contribution < 1.29 is 22.4 Å². The highest BCUT2D eigenvalue weighted by Crippen LogP contribution is 2.34. The Morgan fingerprint density at radius 1 is 1.17 bits per heavy atom. The van der Waals surface area contributed by atoms with Crippen molar-refractivity contribution in [2.24, 2.45) is 0 Å². The zero-order valence-electron chi connectivity index (χ0n) is 19.1. The Bertz CT molecular complexity index is 1160. The normalized spacial score (nSPS) is 18.3. The summed E-state index contributed by atoms with van der Waals surface area (Å²) in [5.74, 6) is -1.45. The summed E-state index contributed by atoms with van der Waals surface area (Å²) >= 11 is 0. The van der Waals surface area contributed by atoms with Crippen molar-refractivity contribution in [1.82, 2.24) is 25.0 Å². The molecule has 8 nitrogen and oxygen atoms in total. The van der Waals surface area contributed by atoms with Crippen molar-refractivity contribution in [3.8, 4) is 11.5 Å². The molecule has 0 aliphatic carbocycles. The molecule has 184 valence electrons. The fourth-order valence-corrected chi connectivity index (χ4v) is 4.40. The van der Waals surface area contributed by atoms with Crippen molar-refractivity contribution >= 4 is 11.6 Å². The smallest absolute Gasteiger partial charge is 0.314 e. The molecule has 4 heterocycles. The van der Waals surface area contributed by atoms with Crippen LogP contribution in [-0.4, -0.2) is 75.3 Å². The lowest BCUT2D eigenvalue weighted by Gasteiger charge is -2.54. The van der Waals surface area contributed by atoms with E-state index in [2.05, 4.69) is 27.0 Å². The molecule has 0 N–H and O–H groups in total. The van der Waals surface area contributed by atoms with Crippen LogP contribution in [-0.2, 0) is 11.3 Å². The van der Waals surface area contributed by atoms with E-state index in [-0.39, 0.29) is 25.5 Å². The minimum absolute atomic E-state index is 0.0496. The molecule has 0 bridgehead atoms. The third kappa shape index (κ3) is 4.65. The topological polar surface area (TPSA) is 78.6 Å². The van der Waals surface area contributed by atoms with Gasteiger partial charge in [-0.15, -0.1) is 10.2 Å². The maximum atomic E-state index is 15.7. The molecule has 0 saturated carbocycles. The Hall–Kier alpha value is -3.31. The first kappa shape index (κ1) is 23.4. The second kappa shape index (κ2) is 9.38. The minimum atomic E-state index is -2.86. The van der Waals surface area contributed by atoms with E-state index in [0.29, 0.717) is 23.0 Å². The number of alkyl halides is 3. The Balaban J connectivity index is 1.30. The number of hydrogen-bond acceptors (Lipinski definition) is 7. The molecule has 0 atom stereocenters. The van der Waals surface area contributed by atoms with Gasteiger partial charge in [-0.1, -0.05) is 25.1 Å². The average molecular weight is 486 g/mol. The SMILES string of the molecule is CCN1CC(N2CC(F)(C(=O)N(Cc3ccc(-c4nnc(C(F)F)o4)cn3)c3ccccc3)C2)C1. The Morgan fingerprint density at radius 2 is 1.91 bits per heavy atom. The second-order valence-corrected chi connectivity index (χ2v) is 8.89. The number of likely N-dealkylation sites (N-methyl/N-ethyl adjacent to an activating group) is 1. The summed E-state index contributed by atoms with van der Waals surface area (Å²) in [6.45, 7) is 5.07. The number of aromatic nitrogens is 3. The first-order valence-electron chi connectivity index (χ1n) is 11.5. The highest BCUT2D eigenvalue weighted by Gasteiger charge is 2.55. The van der Waals surface area contributed by atoms with E-state index in [1.807, 2.05) is 11.0 Å². The van der Waals surface area contributed by atoms with E-state index in [4.69, 9.17) is 4.42 Å². The largest absolute Gasteiger partial charge is 0.415 e. The third-order valence-electron chi connectivity index (χ3n) is 6.52. The predicted molar refractivity (Wildman–Crippen MR) is 121 cm³/mol. The zero-order chi connectivity index (χ0) is 24.6. The summed E-state index contributed by atoms with van der Waals surface area (Å²) in [6, 6.07) is 12.4. The number of hydrogen-bond donors (Lipinski definition) is 0. The van der Waals surface area contributed by atoms with Gasteiger partial charge in [-0.25, -0.2) is 4.39 Å². The number of para-hydroxylation sites is 1. The van der Waals surface area contributed by atoms with Crippen LogP contribution in [0.4, 0.5) is 18.9 Å². The number of anilines is 1. The van der Waals surface area contributed by atoms with Gasteiger partial charge < -0.3 is 14.2 Å². The van der Waals surface area contributed by atoms with Gasteiger partial charge in [0.25, 0.3) is 11.8 Å². The maximum absolute atomic E-state index is 15.7. The summed E-state index contributed by atoms with van der Waals surface area (Å²) in [5, 5.41) is 6.92. The summed E-state index contributed by atoms with van der Waals surface area (Å²) in [4.78, 5) is 23.4. The highest BCUT2D eigenvalue weighted by molar-refractivity contribution is 6.00. The molecule has 11 heteroatoms. The fraction of sp³-hybridized carbons (Fsp3) is 0.417. The molecule has 2 aliphatic rings. The molecule has 0 spiro atoms. The lowest BCUT2D eigenvalue weighted by atomic mass is 9.90. The molecular weight excluding hydrogens is 461 g/mol. The summed E-state index contributed by atoms with van der Waals surface area (Å²) in [6.07, 6.45) is -1.46. The molecule has 0 unspecified atom stereocenters. The zero-order valence-corrected chi connectivity index (χ0v) is 19.1. The Morgan fingerprint density at radius 3 is 2.51 bits per heavy atom. The predicted octanol–water partition coefficient (Wildman–Crippen LogP) is 3.33. The van der Waals surface area contributed by atoms with Gasteiger partial charge in [-0.05, 0) is 30.8 Å². The lowest BCUT2D eigenvalue weighted by molar-refractivity contribution is -0.150. The number of nitrogens with zero attached hydrogens (tertiary/aromatic N) is 6. The monoisotopic (exact) mass is 486 g/mol. The fourth-order valence-electron chi connectivity index (χ4n) is 4.40. The first-order valence-corrected chi connectivity index (χ1v) is 11.5. The van der Waals surface area contributed by atoms with Crippen LogP contribution in [0.5, 0.6) is 0 Å². The van der Waals surface area contributed by atoms with Crippen LogP contribution in [0.3, 0.4) is 0 Å². The average Bonchev–Trinajstić information content (AvgIpc) is 3.32. The van der Waals surface area contributed by atoms with E-state index in [1.165, 1.54) is 11.1 Å². The van der Waals surface area contributed by atoms with Crippen molar-refractivity contribution in [1.29, 1.82) is 0 Å². The summed E-state index contributed by atoms with van der Waals surface area (Å²) in [5.41, 5.74) is -0.531. The molecule has 2 aromatic heterocycles. The molecule has 2 saturated heterocycles. The van der Waals surface area contributed by atoms with Crippen LogP contribution in [0, 0.1) is 0 Å². The lowest BCUT2D eigenvalue weighted by Crippen LogP contribution is -2.73. The number of halogens is 3. The van der Waals surface area contributed by atoms with E-state index < -0.39 is 23.9 Å². The molecule has 2 aliphatic heterocycles. The van der Waals surface area contributed by atoms with Crippen LogP contribution >= 0.6 is 0 Å². The van der Waals surface area contributed by atoms with Crippen molar-refractivity contribution in [3.05, 3.63) is 60.2 Å². The van der Waals surface area contributed by atoms with E-state index in [0.717, 1.165) is 19.6 Å². The van der Waals surface area contributed by atoms with Gasteiger partial charge in [-0.3, -0.25) is 14.7 Å². The van der Waals surface area contributed by atoms with Crippen molar-refractivity contribution in [2.45, 2.75) is 31.6 Å². The number of pyridine rings is 1. The van der Waals surface area contributed by atoms with Crippen LogP contribution in [0.25, 0.3) is 11.5 Å².